The molecule has 5 rings (SSSR count). The van der Waals surface area contributed by atoms with Crippen molar-refractivity contribution in [2.24, 2.45) is 0 Å². The van der Waals surface area contributed by atoms with E-state index in [2.05, 4.69) is 9.97 Å². The summed E-state index contributed by atoms with van der Waals surface area (Å²) >= 11 is 0. The number of ether oxygens (including phenoxy) is 2. The van der Waals surface area contributed by atoms with Crippen LogP contribution < -0.4 is 9.64 Å². The van der Waals surface area contributed by atoms with E-state index in [1.165, 1.54) is 50.6 Å². The molecule has 2 amide bonds. The molecule has 2 heterocycles. The molecule has 2 N–H and O–H groups in total. The number of benzene rings is 3. The third-order valence-corrected chi connectivity index (χ3v) is 6.56. The number of rotatable bonds is 6. The van der Waals surface area contributed by atoms with Crippen LogP contribution in [0, 0.1) is 0 Å². The zero-order valence-corrected chi connectivity index (χ0v) is 21.0. The van der Waals surface area contributed by atoms with E-state index in [-0.39, 0.29) is 34.7 Å². The van der Waals surface area contributed by atoms with E-state index < -0.39 is 29.9 Å². The first-order valence-corrected chi connectivity index (χ1v) is 11.8. The minimum absolute atomic E-state index is 0.00646. The van der Waals surface area contributed by atoms with Gasteiger partial charge in [0.15, 0.2) is 0 Å². The third-order valence-electron chi connectivity index (χ3n) is 6.56. The summed E-state index contributed by atoms with van der Waals surface area (Å²) in [5.74, 6) is -2.75. The molecule has 0 aliphatic carbocycles. The summed E-state index contributed by atoms with van der Waals surface area (Å²) in [6, 6.07) is 16.7. The molecule has 1 atom stereocenters. The Balaban J connectivity index is 1.74. The molecular weight excluding hydrogens is 533 g/mol. The van der Waals surface area contributed by atoms with E-state index >= 15 is 0 Å². The number of H-pyrrole nitrogens is 1. The maximum Gasteiger partial charge on any atom is 0.491 e. The number of methoxy groups -OCH3 is 1. The summed E-state index contributed by atoms with van der Waals surface area (Å²) in [7, 11) is 2.70. The first kappa shape index (κ1) is 26.5. The maximum atomic E-state index is 13.7. The molecule has 206 valence electrons. The van der Waals surface area contributed by atoms with Crippen LogP contribution in [0.4, 0.5) is 23.9 Å². The minimum Gasteiger partial charge on any atom is -0.497 e. The normalized spacial score (nSPS) is 16.6. The smallest absolute Gasteiger partial charge is 0.491 e. The first-order valence-electron chi connectivity index (χ1n) is 11.8. The average Bonchev–Trinajstić information content (AvgIpc) is 3.46. The highest BCUT2D eigenvalue weighted by Crippen LogP contribution is 2.47. The number of esters is 1. The Morgan fingerprint density at radius 3 is 2.55 bits per heavy atom. The molecule has 0 radical (unpaired) electrons. The summed E-state index contributed by atoms with van der Waals surface area (Å²) in [5.41, 5.74) is -1.21. The predicted molar refractivity (Wildman–Crippen MR) is 135 cm³/mol. The Morgan fingerprint density at radius 2 is 1.85 bits per heavy atom. The number of anilines is 1. The quantitative estimate of drug-likeness (QED) is 0.333. The van der Waals surface area contributed by atoms with Crippen molar-refractivity contribution < 1.29 is 42.1 Å². The molecule has 0 saturated heterocycles. The lowest BCUT2D eigenvalue weighted by atomic mass is 9.92. The Kier molecular flexibility index (Phi) is 6.36. The predicted octanol–water partition coefficient (Wildman–Crippen LogP) is 4.65. The molecule has 3 aromatic carbocycles. The van der Waals surface area contributed by atoms with Gasteiger partial charge in [0.2, 0.25) is 11.7 Å². The molecule has 40 heavy (non-hydrogen) atoms. The molecule has 1 aliphatic heterocycles. The molecule has 0 saturated carbocycles. The number of nitrogens with one attached hydrogen (secondary N) is 1. The number of alkyl halides is 3. The second kappa shape index (κ2) is 9.59. The van der Waals surface area contributed by atoms with Gasteiger partial charge in [0, 0.05) is 23.7 Å². The summed E-state index contributed by atoms with van der Waals surface area (Å²) in [6.45, 7) is -0.246. The third kappa shape index (κ3) is 4.34. The number of aromatic nitrogens is 2. The second-order valence-electron chi connectivity index (χ2n) is 8.95. The van der Waals surface area contributed by atoms with E-state index in [0.29, 0.717) is 16.8 Å². The minimum atomic E-state index is -5.37. The van der Waals surface area contributed by atoms with Gasteiger partial charge in [0.1, 0.15) is 5.75 Å². The summed E-state index contributed by atoms with van der Waals surface area (Å²) in [5, 5.41) is 9.30. The van der Waals surface area contributed by atoms with Crippen molar-refractivity contribution in [2.45, 2.75) is 18.4 Å². The summed E-state index contributed by atoms with van der Waals surface area (Å²) < 4.78 is 51.5. The number of carboxylic acid groups (broad SMARTS) is 1. The van der Waals surface area contributed by atoms with Crippen LogP contribution in [-0.4, -0.2) is 58.3 Å². The zero-order valence-electron chi connectivity index (χ0n) is 21.0. The highest BCUT2D eigenvalue weighted by molar-refractivity contribution is 6.01. The molecule has 0 spiro atoms. The molecule has 0 fully saturated rings. The molecule has 1 aromatic heterocycles. The van der Waals surface area contributed by atoms with E-state index in [4.69, 9.17) is 9.47 Å². The van der Waals surface area contributed by atoms with Crippen LogP contribution in [0.1, 0.15) is 27.0 Å². The second-order valence-corrected chi connectivity index (χ2v) is 8.95. The van der Waals surface area contributed by atoms with Gasteiger partial charge in [-0.2, -0.15) is 13.2 Å². The van der Waals surface area contributed by atoms with Crippen molar-refractivity contribution in [3.63, 3.8) is 0 Å². The Bertz CT molecular complexity index is 1650. The number of imidazole rings is 1. The van der Waals surface area contributed by atoms with E-state index in [1.807, 2.05) is 0 Å². The fraction of sp³-hybridized carbons (Fsp3) is 0.185. The van der Waals surface area contributed by atoms with Gasteiger partial charge in [0.25, 0.3) is 5.91 Å². The van der Waals surface area contributed by atoms with Gasteiger partial charge in [-0.1, -0.05) is 36.4 Å². The number of carbonyl (C=O) groups excluding carboxylic acids is 2. The van der Waals surface area contributed by atoms with Crippen molar-refractivity contribution in [1.29, 1.82) is 0 Å². The lowest BCUT2D eigenvalue weighted by molar-refractivity contribution is -0.222. The van der Waals surface area contributed by atoms with Gasteiger partial charge >= 0.3 is 18.2 Å². The van der Waals surface area contributed by atoms with Crippen molar-refractivity contribution in [2.75, 3.05) is 19.1 Å². The topological polar surface area (TPSA) is 125 Å². The van der Waals surface area contributed by atoms with Gasteiger partial charge in [-0.15, -0.1) is 0 Å². The van der Waals surface area contributed by atoms with E-state index in [0.717, 1.165) is 9.80 Å². The number of nitrogens with zero attached hydrogens (tertiary/aromatic N) is 3. The molecule has 1 aliphatic rings. The number of hydrogen-bond acceptors (Lipinski definition) is 6. The number of halogens is 3. The zero-order chi connectivity index (χ0) is 28.8. The van der Waals surface area contributed by atoms with Gasteiger partial charge in [-0.05, 0) is 35.9 Å². The monoisotopic (exact) mass is 554 g/mol. The van der Waals surface area contributed by atoms with Crippen molar-refractivity contribution in [3.8, 4) is 5.75 Å². The van der Waals surface area contributed by atoms with Crippen LogP contribution in [0.5, 0.6) is 5.75 Å². The number of fused-ring (bicyclic) bond motifs is 2. The standard InChI is InChI=1S/C27H21F3N4O6/c1-33(25(37)38)24-31-20-11-10-16(13-21(20)32-24)26(40-23(36)27(28,29)30)19-9-4-3-8-18(19)22(35)34(26)14-15-6-5-7-17(12-15)39-2/h3-13H,14H2,1-2H3,(H,31,32)(H,37,38). The van der Waals surface area contributed by atoms with Crippen molar-refractivity contribution >= 4 is 35.0 Å². The molecule has 4 aromatic rings. The van der Waals surface area contributed by atoms with E-state index in [9.17, 15) is 32.7 Å². The fourth-order valence-corrected chi connectivity index (χ4v) is 4.66. The Hall–Kier alpha value is -5.07. The van der Waals surface area contributed by atoms with Crippen LogP contribution in [-0.2, 0) is 21.8 Å². The molecular formula is C27H21F3N4O6. The lowest BCUT2D eigenvalue weighted by Gasteiger charge is -2.39. The number of carbonyl (C=O) groups is 3. The van der Waals surface area contributed by atoms with Gasteiger partial charge in [-0.3, -0.25) is 14.6 Å². The number of aromatic amines is 1. The number of hydrogen-bond donors (Lipinski definition) is 2. The van der Waals surface area contributed by atoms with Gasteiger partial charge in [0.05, 0.1) is 24.7 Å². The largest absolute Gasteiger partial charge is 0.497 e. The average molecular weight is 554 g/mol. The van der Waals surface area contributed by atoms with Crippen LogP contribution in [0.2, 0.25) is 0 Å². The highest BCUT2D eigenvalue weighted by Gasteiger charge is 2.57. The SMILES string of the molecule is COc1cccc(CN2C(=O)c3ccccc3C2(OC(=O)C(F)(F)F)c2ccc3nc(N(C)C(=O)O)[nH]c3c2)c1. The van der Waals surface area contributed by atoms with Crippen LogP contribution in [0.3, 0.4) is 0 Å². The van der Waals surface area contributed by atoms with Crippen LogP contribution in [0.25, 0.3) is 11.0 Å². The highest BCUT2D eigenvalue weighted by atomic mass is 19.4. The van der Waals surface area contributed by atoms with Gasteiger partial charge in [-0.25, -0.2) is 14.6 Å². The van der Waals surface area contributed by atoms with Crippen LogP contribution in [0.15, 0.2) is 66.7 Å². The van der Waals surface area contributed by atoms with Crippen LogP contribution >= 0.6 is 0 Å². The molecule has 1 unspecified atom stereocenters. The van der Waals surface area contributed by atoms with Gasteiger partial charge < -0.3 is 19.6 Å². The molecule has 0 bridgehead atoms. The van der Waals surface area contributed by atoms with E-state index in [1.54, 1.807) is 30.3 Å². The molecule has 13 heteroatoms. The maximum absolute atomic E-state index is 13.7. The fourth-order valence-electron chi connectivity index (χ4n) is 4.66. The summed E-state index contributed by atoms with van der Waals surface area (Å²) in [6.07, 6.45) is -6.67. The van der Waals surface area contributed by atoms with Crippen molar-refractivity contribution in [3.05, 3.63) is 89.0 Å². The number of amides is 2. The molecule has 10 nitrogen and oxygen atoms in total. The Morgan fingerprint density at radius 1 is 1.10 bits per heavy atom. The summed E-state index contributed by atoms with van der Waals surface area (Å²) in [4.78, 5) is 46.5. The first-order chi connectivity index (χ1) is 19.0. The van der Waals surface area contributed by atoms with Crippen molar-refractivity contribution in [1.82, 2.24) is 14.9 Å². The Labute approximate surface area is 224 Å². The lowest BCUT2D eigenvalue weighted by Crippen LogP contribution is -2.49.